The van der Waals surface area contributed by atoms with Gasteiger partial charge in [-0.25, -0.2) is 9.97 Å². The predicted molar refractivity (Wildman–Crippen MR) is 110 cm³/mol. The molecule has 0 bridgehead atoms. The van der Waals surface area contributed by atoms with Crippen molar-refractivity contribution in [2.45, 2.75) is 38.8 Å². The number of halogens is 1. The van der Waals surface area contributed by atoms with E-state index in [9.17, 15) is 0 Å². The fourth-order valence-electron chi connectivity index (χ4n) is 3.23. The molecule has 0 unspecified atom stereocenters. The van der Waals surface area contributed by atoms with Crippen LogP contribution >= 0.6 is 11.6 Å². The molecule has 3 heterocycles. The first-order valence-corrected chi connectivity index (χ1v) is 9.66. The summed E-state index contributed by atoms with van der Waals surface area (Å²) in [7, 11) is 0. The molecule has 7 nitrogen and oxygen atoms in total. The van der Waals surface area contributed by atoms with E-state index in [4.69, 9.17) is 27.3 Å². The highest BCUT2D eigenvalue weighted by Crippen LogP contribution is 2.29. The molecule has 0 radical (unpaired) electrons. The number of rotatable bonds is 4. The Balaban J connectivity index is 1.72. The molecule has 4 rings (SSSR count). The summed E-state index contributed by atoms with van der Waals surface area (Å²) in [6, 6.07) is 6.27. The summed E-state index contributed by atoms with van der Waals surface area (Å²) in [4.78, 5) is 16.2. The summed E-state index contributed by atoms with van der Waals surface area (Å²) >= 11 is 6.22. The lowest BCUT2D eigenvalue weighted by Gasteiger charge is -2.30. The van der Waals surface area contributed by atoms with E-state index in [1.165, 1.54) is 0 Å². The number of nitrogens with one attached hydrogen (secondary N) is 1. The number of fused-ring (bicyclic) bond motifs is 1. The first-order valence-electron chi connectivity index (χ1n) is 9.28. The number of nitrogens with zero attached hydrogens (tertiary/aromatic N) is 5. The third-order valence-corrected chi connectivity index (χ3v) is 5.15. The molecule has 8 heteroatoms. The highest BCUT2D eigenvalue weighted by Gasteiger charge is 2.20. The summed E-state index contributed by atoms with van der Waals surface area (Å²) in [6.45, 7) is 5.96. The van der Waals surface area contributed by atoms with Crippen molar-refractivity contribution in [2.24, 2.45) is 5.73 Å². The average molecular weight is 386 g/mol. The van der Waals surface area contributed by atoms with Gasteiger partial charge in [-0.15, -0.1) is 0 Å². The van der Waals surface area contributed by atoms with Crippen molar-refractivity contribution in [3.63, 3.8) is 0 Å². The molecule has 1 saturated heterocycles. The second kappa shape index (κ2) is 7.32. The summed E-state index contributed by atoms with van der Waals surface area (Å²) < 4.78 is 2.05. The van der Waals surface area contributed by atoms with E-state index in [1.54, 1.807) is 0 Å². The van der Waals surface area contributed by atoms with Gasteiger partial charge in [0.1, 0.15) is 11.6 Å². The normalized spacial score (nSPS) is 15.7. The average Bonchev–Trinajstić information content (AvgIpc) is 3.11. The van der Waals surface area contributed by atoms with Crippen LogP contribution in [-0.2, 0) is 0 Å². The second-order valence-electron chi connectivity index (χ2n) is 7.28. The lowest BCUT2D eigenvalue weighted by Crippen LogP contribution is -2.40. The molecule has 0 saturated carbocycles. The van der Waals surface area contributed by atoms with E-state index >= 15 is 0 Å². The SMILES string of the molecule is CC(C)n1cnc(Nc2nc(N3CCC(N)CC3)nc3ccc(Cl)cc23)c1. The van der Waals surface area contributed by atoms with E-state index in [0.29, 0.717) is 22.8 Å². The molecule has 0 aliphatic carbocycles. The van der Waals surface area contributed by atoms with Crippen molar-refractivity contribution in [2.75, 3.05) is 23.3 Å². The zero-order valence-electron chi connectivity index (χ0n) is 15.6. The van der Waals surface area contributed by atoms with Gasteiger partial charge in [0, 0.05) is 41.8 Å². The molecule has 0 amide bonds. The Kier molecular flexibility index (Phi) is 4.88. The van der Waals surface area contributed by atoms with Crippen LogP contribution < -0.4 is 16.0 Å². The third kappa shape index (κ3) is 3.84. The zero-order valence-corrected chi connectivity index (χ0v) is 16.3. The van der Waals surface area contributed by atoms with Crippen LogP contribution in [0.1, 0.15) is 32.7 Å². The Bertz CT molecular complexity index is 944. The maximum atomic E-state index is 6.22. The van der Waals surface area contributed by atoms with Gasteiger partial charge in [-0.1, -0.05) is 11.6 Å². The Morgan fingerprint density at radius 2 is 2.00 bits per heavy atom. The van der Waals surface area contributed by atoms with Crippen LogP contribution in [0, 0.1) is 0 Å². The van der Waals surface area contributed by atoms with Gasteiger partial charge in [-0.3, -0.25) is 0 Å². The molecular weight excluding hydrogens is 362 g/mol. The summed E-state index contributed by atoms with van der Waals surface area (Å²) in [5, 5.41) is 4.87. The van der Waals surface area contributed by atoms with E-state index in [-0.39, 0.29) is 6.04 Å². The quantitative estimate of drug-likeness (QED) is 0.711. The zero-order chi connectivity index (χ0) is 19.0. The van der Waals surface area contributed by atoms with E-state index in [1.807, 2.05) is 35.3 Å². The van der Waals surface area contributed by atoms with Crippen LogP contribution in [0.5, 0.6) is 0 Å². The van der Waals surface area contributed by atoms with Crippen LogP contribution in [0.3, 0.4) is 0 Å². The second-order valence-corrected chi connectivity index (χ2v) is 7.72. The number of benzene rings is 1. The van der Waals surface area contributed by atoms with Crippen molar-refractivity contribution in [3.05, 3.63) is 35.7 Å². The van der Waals surface area contributed by atoms with Crippen molar-refractivity contribution < 1.29 is 0 Å². The number of piperidine rings is 1. The highest BCUT2D eigenvalue weighted by atomic mass is 35.5. The number of imidazole rings is 1. The minimum atomic E-state index is 0.262. The molecule has 142 valence electrons. The van der Waals surface area contributed by atoms with Crippen LogP contribution in [0.15, 0.2) is 30.7 Å². The van der Waals surface area contributed by atoms with Crippen LogP contribution in [0.25, 0.3) is 10.9 Å². The predicted octanol–water partition coefficient (Wildman–Crippen LogP) is 3.73. The number of hydrogen-bond acceptors (Lipinski definition) is 6. The molecule has 3 aromatic rings. The standard InChI is InChI=1S/C19H24ClN7/c1-12(2)27-10-17(22-11-27)24-18-15-9-13(20)3-4-16(15)23-19(25-18)26-7-5-14(21)6-8-26/h3-4,9-12,14H,5-8,21H2,1-2H3,(H,23,24,25). The minimum Gasteiger partial charge on any atom is -0.341 e. The molecule has 2 aromatic heterocycles. The molecule has 0 spiro atoms. The Hall–Kier alpha value is -2.38. The van der Waals surface area contributed by atoms with Crippen LogP contribution in [0.4, 0.5) is 17.6 Å². The Labute approximate surface area is 163 Å². The molecule has 1 aliphatic rings. The lowest BCUT2D eigenvalue weighted by molar-refractivity contribution is 0.496. The van der Waals surface area contributed by atoms with Gasteiger partial charge in [0.2, 0.25) is 5.95 Å². The first kappa shape index (κ1) is 18.0. The van der Waals surface area contributed by atoms with Crippen LogP contribution in [-0.4, -0.2) is 38.7 Å². The van der Waals surface area contributed by atoms with Gasteiger partial charge < -0.3 is 20.5 Å². The van der Waals surface area contributed by atoms with Crippen molar-refractivity contribution in [1.29, 1.82) is 0 Å². The first-order chi connectivity index (χ1) is 13.0. The molecule has 3 N–H and O–H groups in total. The smallest absolute Gasteiger partial charge is 0.227 e. The summed E-state index contributed by atoms with van der Waals surface area (Å²) in [5.74, 6) is 2.17. The van der Waals surface area contributed by atoms with E-state index in [2.05, 4.69) is 29.0 Å². The van der Waals surface area contributed by atoms with Crippen molar-refractivity contribution >= 4 is 40.1 Å². The molecule has 1 aromatic carbocycles. The van der Waals surface area contributed by atoms with Gasteiger partial charge in [0.15, 0.2) is 0 Å². The number of anilines is 3. The Morgan fingerprint density at radius 1 is 1.22 bits per heavy atom. The maximum absolute atomic E-state index is 6.22. The minimum absolute atomic E-state index is 0.262. The fraction of sp³-hybridized carbons (Fsp3) is 0.421. The van der Waals surface area contributed by atoms with Crippen molar-refractivity contribution in [3.8, 4) is 0 Å². The topological polar surface area (TPSA) is 84.9 Å². The number of hydrogen-bond donors (Lipinski definition) is 2. The van der Waals surface area contributed by atoms with Crippen LogP contribution in [0.2, 0.25) is 5.02 Å². The Morgan fingerprint density at radius 3 is 2.70 bits per heavy atom. The van der Waals surface area contributed by atoms with E-state index in [0.717, 1.165) is 42.7 Å². The van der Waals surface area contributed by atoms with Gasteiger partial charge in [0.05, 0.1) is 11.8 Å². The molecule has 0 atom stereocenters. The monoisotopic (exact) mass is 385 g/mol. The molecule has 1 aliphatic heterocycles. The maximum Gasteiger partial charge on any atom is 0.227 e. The molecule has 1 fully saturated rings. The number of nitrogens with two attached hydrogens (primary N) is 1. The largest absolute Gasteiger partial charge is 0.341 e. The molecular formula is C19H24ClN7. The molecule has 27 heavy (non-hydrogen) atoms. The van der Waals surface area contributed by atoms with Gasteiger partial charge in [-0.05, 0) is 44.9 Å². The van der Waals surface area contributed by atoms with Gasteiger partial charge in [-0.2, -0.15) is 4.98 Å². The lowest BCUT2D eigenvalue weighted by atomic mass is 10.1. The highest BCUT2D eigenvalue weighted by molar-refractivity contribution is 6.31. The summed E-state index contributed by atoms with van der Waals surface area (Å²) in [5.41, 5.74) is 6.89. The van der Waals surface area contributed by atoms with Crippen molar-refractivity contribution in [1.82, 2.24) is 19.5 Å². The number of aromatic nitrogens is 4. The van der Waals surface area contributed by atoms with Gasteiger partial charge >= 0.3 is 0 Å². The van der Waals surface area contributed by atoms with E-state index < -0.39 is 0 Å². The van der Waals surface area contributed by atoms with Gasteiger partial charge in [0.25, 0.3) is 0 Å². The summed E-state index contributed by atoms with van der Waals surface area (Å²) in [6.07, 6.45) is 5.69. The third-order valence-electron chi connectivity index (χ3n) is 4.91. The fourth-order valence-corrected chi connectivity index (χ4v) is 3.40.